The van der Waals surface area contributed by atoms with Gasteiger partial charge in [0.25, 0.3) is 0 Å². The summed E-state index contributed by atoms with van der Waals surface area (Å²) in [6.07, 6.45) is 10.1. The Labute approximate surface area is 126 Å². The van der Waals surface area contributed by atoms with E-state index in [1.807, 2.05) is 0 Å². The van der Waals surface area contributed by atoms with Gasteiger partial charge in [-0.15, -0.1) is 0 Å². The Morgan fingerprint density at radius 2 is 1.50 bits per heavy atom. The van der Waals surface area contributed by atoms with Gasteiger partial charge in [0.2, 0.25) is 0 Å². The summed E-state index contributed by atoms with van der Waals surface area (Å²) in [5.41, 5.74) is 0.534. The molecule has 1 saturated carbocycles. The molecule has 2 heteroatoms. The smallest absolute Gasteiger partial charge is 0.0565 e. The highest BCUT2D eigenvalue weighted by atomic mass is 16.5. The Kier molecular flexibility index (Phi) is 5.53. The van der Waals surface area contributed by atoms with Gasteiger partial charge in [-0.2, -0.15) is 0 Å². The van der Waals surface area contributed by atoms with Gasteiger partial charge in [-0.25, -0.2) is 0 Å². The normalized spacial score (nSPS) is 39.8. The summed E-state index contributed by atoms with van der Waals surface area (Å²) in [5, 5.41) is 3.93. The molecule has 1 heterocycles. The lowest BCUT2D eigenvalue weighted by atomic mass is 9.69. The molecule has 2 aliphatic rings. The van der Waals surface area contributed by atoms with E-state index in [-0.39, 0.29) is 0 Å². The van der Waals surface area contributed by atoms with E-state index in [2.05, 4.69) is 39.9 Å². The van der Waals surface area contributed by atoms with Crippen LogP contribution >= 0.6 is 0 Å². The van der Waals surface area contributed by atoms with E-state index >= 15 is 0 Å². The van der Waals surface area contributed by atoms with Crippen molar-refractivity contribution in [1.82, 2.24) is 5.32 Å². The lowest BCUT2D eigenvalue weighted by molar-refractivity contribution is -0.0446. The quantitative estimate of drug-likeness (QED) is 0.817. The molecule has 2 atom stereocenters. The monoisotopic (exact) mass is 281 g/mol. The minimum atomic E-state index is 0.423. The molecule has 2 unspecified atom stereocenters. The van der Waals surface area contributed by atoms with Gasteiger partial charge >= 0.3 is 0 Å². The predicted molar refractivity (Wildman–Crippen MR) is 86.0 cm³/mol. The molecule has 0 aromatic heterocycles. The minimum absolute atomic E-state index is 0.423. The standard InChI is InChI=1S/C18H35NO/c1-6-18(4,5)15-7-9-16(10-8-15)19-17-11-13(2)20-14(3)12-17/h13-17,19H,6-12H2,1-5H3. The lowest BCUT2D eigenvalue weighted by Gasteiger charge is -2.41. The summed E-state index contributed by atoms with van der Waals surface area (Å²) in [6, 6.07) is 1.43. The molecule has 118 valence electrons. The van der Waals surface area contributed by atoms with Crippen LogP contribution in [-0.2, 0) is 4.74 Å². The van der Waals surface area contributed by atoms with Gasteiger partial charge in [-0.1, -0.05) is 27.2 Å². The summed E-state index contributed by atoms with van der Waals surface area (Å²) >= 11 is 0. The molecule has 0 spiro atoms. The van der Waals surface area contributed by atoms with Crippen molar-refractivity contribution < 1.29 is 4.74 Å². The van der Waals surface area contributed by atoms with Crippen molar-refractivity contribution in [2.24, 2.45) is 11.3 Å². The molecule has 1 aliphatic heterocycles. The minimum Gasteiger partial charge on any atom is -0.375 e. The summed E-state index contributed by atoms with van der Waals surface area (Å²) in [6.45, 7) is 11.7. The van der Waals surface area contributed by atoms with E-state index in [4.69, 9.17) is 4.74 Å². The average molecular weight is 281 g/mol. The van der Waals surface area contributed by atoms with Gasteiger partial charge in [-0.3, -0.25) is 0 Å². The first-order valence-electron chi connectivity index (χ1n) is 8.82. The van der Waals surface area contributed by atoms with Gasteiger partial charge in [0, 0.05) is 12.1 Å². The van der Waals surface area contributed by atoms with E-state index in [9.17, 15) is 0 Å². The molecular formula is C18H35NO. The van der Waals surface area contributed by atoms with Crippen LogP contribution in [0.1, 0.15) is 79.6 Å². The van der Waals surface area contributed by atoms with E-state index in [0.29, 0.717) is 23.7 Å². The fourth-order valence-corrected chi connectivity index (χ4v) is 4.20. The molecule has 1 N–H and O–H groups in total. The van der Waals surface area contributed by atoms with Crippen LogP contribution in [-0.4, -0.2) is 24.3 Å². The Morgan fingerprint density at radius 1 is 0.950 bits per heavy atom. The maximum absolute atomic E-state index is 5.84. The third-order valence-electron chi connectivity index (χ3n) is 5.91. The van der Waals surface area contributed by atoms with Crippen LogP contribution in [0.15, 0.2) is 0 Å². The van der Waals surface area contributed by atoms with Crippen LogP contribution in [0.25, 0.3) is 0 Å². The lowest BCUT2D eigenvalue weighted by Crippen LogP contribution is -2.47. The number of hydrogen-bond donors (Lipinski definition) is 1. The Hall–Kier alpha value is -0.0800. The molecule has 2 nitrogen and oxygen atoms in total. The molecule has 2 rings (SSSR count). The summed E-state index contributed by atoms with van der Waals surface area (Å²) in [5.74, 6) is 0.929. The molecule has 1 saturated heterocycles. The zero-order valence-corrected chi connectivity index (χ0v) is 14.2. The number of hydrogen-bond acceptors (Lipinski definition) is 2. The van der Waals surface area contributed by atoms with Crippen molar-refractivity contribution in [2.45, 2.75) is 104 Å². The first-order valence-corrected chi connectivity index (χ1v) is 8.82. The number of rotatable bonds is 4. The van der Waals surface area contributed by atoms with Gasteiger partial charge < -0.3 is 10.1 Å². The molecule has 20 heavy (non-hydrogen) atoms. The highest BCUT2D eigenvalue weighted by molar-refractivity contribution is 4.88. The summed E-state index contributed by atoms with van der Waals surface area (Å²) < 4.78 is 5.84. The predicted octanol–water partition coefficient (Wildman–Crippen LogP) is 4.53. The Balaban J connectivity index is 1.77. The second-order valence-electron chi connectivity index (χ2n) is 7.98. The molecule has 1 aliphatic carbocycles. The Bertz CT molecular complexity index is 284. The van der Waals surface area contributed by atoms with Crippen LogP contribution in [0.4, 0.5) is 0 Å². The zero-order valence-electron chi connectivity index (χ0n) is 14.2. The van der Waals surface area contributed by atoms with Crippen molar-refractivity contribution in [3.8, 4) is 0 Å². The summed E-state index contributed by atoms with van der Waals surface area (Å²) in [7, 11) is 0. The van der Waals surface area contributed by atoms with Crippen molar-refractivity contribution in [2.75, 3.05) is 0 Å². The fraction of sp³-hybridized carbons (Fsp3) is 1.00. The summed E-state index contributed by atoms with van der Waals surface area (Å²) in [4.78, 5) is 0. The first-order chi connectivity index (χ1) is 9.40. The third-order valence-corrected chi connectivity index (χ3v) is 5.91. The average Bonchev–Trinajstić information content (AvgIpc) is 2.38. The van der Waals surface area contributed by atoms with E-state index < -0.39 is 0 Å². The zero-order chi connectivity index (χ0) is 14.8. The van der Waals surface area contributed by atoms with E-state index in [1.54, 1.807) is 0 Å². The molecule has 0 radical (unpaired) electrons. The second kappa shape index (κ2) is 6.79. The van der Waals surface area contributed by atoms with Gasteiger partial charge in [0.05, 0.1) is 12.2 Å². The molecule has 0 aromatic carbocycles. The van der Waals surface area contributed by atoms with Crippen LogP contribution in [0.5, 0.6) is 0 Å². The van der Waals surface area contributed by atoms with Gasteiger partial charge in [0.15, 0.2) is 0 Å². The van der Waals surface area contributed by atoms with E-state index in [0.717, 1.165) is 12.0 Å². The van der Waals surface area contributed by atoms with Crippen molar-refractivity contribution in [3.63, 3.8) is 0 Å². The second-order valence-corrected chi connectivity index (χ2v) is 7.98. The maximum atomic E-state index is 5.84. The highest BCUT2D eigenvalue weighted by Crippen LogP contribution is 2.40. The van der Waals surface area contributed by atoms with Crippen LogP contribution in [0, 0.1) is 11.3 Å². The van der Waals surface area contributed by atoms with E-state index in [1.165, 1.54) is 44.9 Å². The maximum Gasteiger partial charge on any atom is 0.0565 e. The molecule has 2 fully saturated rings. The molecule has 0 aromatic rings. The first kappa shape index (κ1) is 16.3. The van der Waals surface area contributed by atoms with Crippen LogP contribution in [0.3, 0.4) is 0 Å². The number of ether oxygens (including phenoxy) is 1. The number of nitrogens with one attached hydrogen (secondary N) is 1. The van der Waals surface area contributed by atoms with Gasteiger partial charge in [-0.05, 0) is 63.7 Å². The molecule has 0 amide bonds. The Morgan fingerprint density at radius 3 is 2.00 bits per heavy atom. The van der Waals surface area contributed by atoms with Gasteiger partial charge in [0.1, 0.15) is 0 Å². The fourth-order valence-electron chi connectivity index (χ4n) is 4.20. The highest BCUT2D eigenvalue weighted by Gasteiger charge is 2.33. The topological polar surface area (TPSA) is 21.3 Å². The molecule has 0 bridgehead atoms. The third kappa shape index (κ3) is 4.21. The van der Waals surface area contributed by atoms with Crippen LogP contribution < -0.4 is 5.32 Å². The van der Waals surface area contributed by atoms with Crippen molar-refractivity contribution in [1.29, 1.82) is 0 Å². The SMILES string of the molecule is CCC(C)(C)C1CCC(NC2CC(C)OC(C)C2)CC1. The molecular weight excluding hydrogens is 246 g/mol. The van der Waals surface area contributed by atoms with Crippen LogP contribution in [0.2, 0.25) is 0 Å². The van der Waals surface area contributed by atoms with Crippen molar-refractivity contribution >= 4 is 0 Å². The van der Waals surface area contributed by atoms with Crippen molar-refractivity contribution in [3.05, 3.63) is 0 Å². The largest absolute Gasteiger partial charge is 0.375 e.